The summed E-state index contributed by atoms with van der Waals surface area (Å²) in [6, 6.07) is 16.0. The van der Waals surface area contributed by atoms with Crippen molar-refractivity contribution >= 4 is 36.1 Å². The second-order valence-electron chi connectivity index (χ2n) is 12.5. The molecule has 212 valence electrons. The van der Waals surface area contributed by atoms with E-state index in [1.54, 1.807) is 12.1 Å². The van der Waals surface area contributed by atoms with E-state index < -0.39 is 30.9 Å². The van der Waals surface area contributed by atoms with Gasteiger partial charge in [0.25, 0.3) is 0 Å². The van der Waals surface area contributed by atoms with Crippen molar-refractivity contribution in [1.29, 1.82) is 0 Å². The van der Waals surface area contributed by atoms with Crippen molar-refractivity contribution in [3.63, 3.8) is 0 Å². The van der Waals surface area contributed by atoms with Gasteiger partial charge in [-0.1, -0.05) is 98.2 Å². The number of hydrogen-bond acceptors (Lipinski definition) is 4. The zero-order valence-corrected chi connectivity index (χ0v) is 27.4. The lowest BCUT2D eigenvalue weighted by molar-refractivity contribution is -0.0246. The predicted octanol–water partition coefficient (Wildman–Crippen LogP) is 9.50. The number of hydrogen-bond donors (Lipinski definition) is 2. The van der Waals surface area contributed by atoms with Gasteiger partial charge >= 0.3 is 6.09 Å². The number of aliphatic hydroxyl groups excluding tert-OH is 1. The van der Waals surface area contributed by atoms with Crippen molar-refractivity contribution in [2.75, 3.05) is 0 Å². The molecule has 0 spiro atoms. The Kier molecular flexibility index (Phi) is 11.0. The van der Waals surface area contributed by atoms with Crippen LogP contribution in [0.25, 0.3) is 0 Å². The fourth-order valence-electron chi connectivity index (χ4n) is 6.66. The van der Waals surface area contributed by atoms with Crippen molar-refractivity contribution in [3.8, 4) is 0 Å². The largest absolute Gasteiger partial charge is 0.446 e. The topological polar surface area (TPSA) is 72.6 Å². The van der Waals surface area contributed by atoms with E-state index in [1.165, 1.54) is 4.90 Å². The first-order valence-electron chi connectivity index (χ1n) is 13.7. The van der Waals surface area contributed by atoms with Crippen LogP contribution in [0, 0.1) is 5.41 Å². The number of halogens is 1. The van der Waals surface area contributed by atoms with E-state index in [-0.39, 0.29) is 5.41 Å². The predicted molar refractivity (Wildman–Crippen MR) is 166 cm³/mol. The molecule has 3 N–H and O–H groups in total. The minimum Gasteiger partial charge on any atom is -0.446 e. The van der Waals surface area contributed by atoms with Crippen LogP contribution in [0.5, 0.6) is 0 Å². The number of rotatable bonds is 11. The third-order valence-corrected chi connectivity index (χ3v) is 21.0. The molecule has 3 atom stereocenters. The highest BCUT2D eigenvalue weighted by Crippen LogP contribution is 2.54. The van der Waals surface area contributed by atoms with Crippen LogP contribution in [0.4, 0.5) is 4.79 Å². The zero-order chi connectivity index (χ0) is 29.1. The molecule has 0 heterocycles. The second-order valence-corrected chi connectivity index (χ2v) is 21.5. The number of aliphatic hydroxyl groups is 1. The van der Waals surface area contributed by atoms with Crippen molar-refractivity contribution in [3.05, 3.63) is 64.7 Å². The summed E-state index contributed by atoms with van der Waals surface area (Å²) >= 11 is 8.33. The van der Waals surface area contributed by atoms with Gasteiger partial charge in [0.05, 0.1) is 6.10 Å². The molecule has 7 heteroatoms. The van der Waals surface area contributed by atoms with Crippen LogP contribution < -0.4 is 5.73 Å². The first-order valence-corrected chi connectivity index (χ1v) is 17.8. The van der Waals surface area contributed by atoms with Crippen LogP contribution in [-0.2, 0) is 10.2 Å². The summed E-state index contributed by atoms with van der Waals surface area (Å²) < 4.78 is 5.67. The Balaban J connectivity index is 2.64. The third-order valence-electron chi connectivity index (χ3n) is 8.45. The minimum atomic E-state index is -1.71. The summed E-state index contributed by atoms with van der Waals surface area (Å²) in [5.41, 5.74) is 8.05. The van der Waals surface area contributed by atoms with E-state index in [0.717, 1.165) is 11.1 Å². The highest BCUT2D eigenvalue weighted by atomic mass is 35.5. The number of amides is 1. The van der Waals surface area contributed by atoms with Crippen LogP contribution in [0.3, 0.4) is 0 Å². The third kappa shape index (κ3) is 6.80. The Labute approximate surface area is 240 Å². The van der Waals surface area contributed by atoms with Crippen molar-refractivity contribution in [2.45, 2.75) is 115 Å². The van der Waals surface area contributed by atoms with Gasteiger partial charge in [-0.05, 0) is 70.8 Å². The fourth-order valence-corrected chi connectivity index (χ4v) is 16.0. The molecule has 0 saturated heterocycles. The van der Waals surface area contributed by atoms with Crippen LogP contribution >= 0.6 is 22.8 Å². The standard InChI is InChI=1S/C31H48ClNO3SSi/c1-20(2)38(21(3)4,22(5)6)37-27-16-14-25(15-17-27)31(30(8,9)10,23(7)36-29(33)35)19-28(34)24-12-11-13-26(32)18-24/h11-18,20-23,28,34H,19H2,1-10H3,(H2,33,35)/t23-,28-,31?/m1/s1. The number of primary amides is 1. The average molecular weight is 578 g/mol. The lowest BCUT2D eigenvalue weighted by Crippen LogP contribution is -2.51. The fraction of sp³-hybridized carbons (Fsp3) is 0.581. The number of nitrogens with two attached hydrogens (primary N) is 1. The van der Waals surface area contributed by atoms with Gasteiger partial charge in [-0.15, -0.1) is 0 Å². The average Bonchev–Trinajstić information content (AvgIpc) is 2.79. The number of carbonyl (C=O) groups excluding carboxylic acids is 1. The summed E-state index contributed by atoms with van der Waals surface area (Å²) in [5, 5.41) is 12.0. The maximum atomic E-state index is 11.9. The monoisotopic (exact) mass is 577 g/mol. The molecule has 0 saturated carbocycles. The van der Waals surface area contributed by atoms with E-state index >= 15 is 0 Å². The maximum absolute atomic E-state index is 11.9. The van der Waals surface area contributed by atoms with E-state index in [9.17, 15) is 9.90 Å². The molecule has 38 heavy (non-hydrogen) atoms. The van der Waals surface area contributed by atoms with Gasteiger partial charge in [-0.2, -0.15) is 11.2 Å². The molecule has 2 aromatic carbocycles. The Hall–Kier alpha value is -1.47. The van der Waals surface area contributed by atoms with Gasteiger partial charge in [0, 0.05) is 15.3 Å². The van der Waals surface area contributed by atoms with E-state index in [1.807, 2.05) is 19.1 Å². The molecular formula is C31H48ClNO3SSi. The van der Waals surface area contributed by atoms with Crippen LogP contribution in [0.1, 0.15) is 92.9 Å². The zero-order valence-electron chi connectivity index (χ0n) is 24.8. The van der Waals surface area contributed by atoms with Crippen LogP contribution in [0.2, 0.25) is 21.6 Å². The van der Waals surface area contributed by atoms with Crippen LogP contribution in [0.15, 0.2) is 53.4 Å². The molecule has 4 nitrogen and oxygen atoms in total. The van der Waals surface area contributed by atoms with Gasteiger partial charge < -0.3 is 15.6 Å². The van der Waals surface area contributed by atoms with E-state index in [0.29, 0.717) is 28.1 Å². The minimum absolute atomic E-state index is 0.334. The lowest BCUT2D eigenvalue weighted by atomic mass is 9.57. The van der Waals surface area contributed by atoms with Gasteiger partial charge in [-0.25, -0.2) is 4.79 Å². The number of carbonyl (C=O) groups is 1. The summed E-state index contributed by atoms with van der Waals surface area (Å²) in [5.74, 6) is 0. The van der Waals surface area contributed by atoms with Crippen LogP contribution in [-0.4, -0.2) is 24.5 Å². The molecule has 0 aliphatic rings. The normalized spacial score (nSPS) is 16.0. The Morgan fingerprint density at radius 2 is 1.50 bits per heavy atom. The molecule has 2 aromatic rings. The first-order chi connectivity index (χ1) is 17.5. The molecule has 0 aromatic heterocycles. The molecule has 0 radical (unpaired) electrons. The van der Waals surface area contributed by atoms with Gasteiger partial charge in [0.15, 0.2) is 0 Å². The quantitative estimate of drug-likeness (QED) is 0.261. The molecule has 0 aliphatic carbocycles. The molecule has 0 aliphatic heterocycles. The van der Waals surface area contributed by atoms with Crippen molar-refractivity contribution in [1.82, 2.24) is 0 Å². The first kappa shape index (κ1) is 32.7. The van der Waals surface area contributed by atoms with Gasteiger partial charge in [-0.3, -0.25) is 0 Å². The number of ether oxygens (including phenoxy) is 1. The summed E-state index contributed by atoms with van der Waals surface area (Å²) in [6.45, 7) is 22.5. The van der Waals surface area contributed by atoms with E-state index in [2.05, 4.69) is 97.8 Å². The molecule has 0 bridgehead atoms. The summed E-state index contributed by atoms with van der Waals surface area (Å²) in [7, 11) is -1.71. The van der Waals surface area contributed by atoms with E-state index in [4.69, 9.17) is 22.1 Å². The van der Waals surface area contributed by atoms with Gasteiger partial charge in [0.2, 0.25) is 0 Å². The number of benzene rings is 2. The summed E-state index contributed by atoms with van der Waals surface area (Å²) in [6.07, 6.45) is -1.89. The summed E-state index contributed by atoms with van der Waals surface area (Å²) in [4.78, 5) is 13.2. The van der Waals surface area contributed by atoms with Crippen molar-refractivity contribution in [2.24, 2.45) is 11.1 Å². The lowest BCUT2D eigenvalue weighted by Gasteiger charge is -2.50. The molecule has 2 rings (SSSR count). The highest BCUT2D eigenvalue weighted by molar-refractivity contribution is 8.29. The smallest absolute Gasteiger partial charge is 0.404 e. The molecule has 1 unspecified atom stereocenters. The SMILES string of the molecule is CC(C)[Si](Sc1ccc(C(C[C@@H](O)c2cccc(Cl)c2)([C@@H](C)OC(N)=O)C(C)(C)C)cc1)(C(C)C)C(C)C. The molecule has 1 amide bonds. The Bertz CT molecular complexity index is 1050. The highest BCUT2D eigenvalue weighted by Gasteiger charge is 2.51. The Morgan fingerprint density at radius 3 is 1.92 bits per heavy atom. The van der Waals surface area contributed by atoms with Crippen molar-refractivity contribution < 1.29 is 14.6 Å². The maximum Gasteiger partial charge on any atom is 0.404 e. The molecular weight excluding hydrogens is 530 g/mol. The van der Waals surface area contributed by atoms with Gasteiger partial charge in [0.1, 0.15) is 13.3 Å². The second kappa shape index (κ2) is 12.8. The molecule has 0 fully saturated rings. The Morgan fingerprint density at radius 1 is 0.974 bits per heavy atom.